The van der Waals surface area contributed by atoms with Gasteiger partial charge < -0.3 is 19.7 Å². The second kappa shape index (κ2) is 10.6. The SMILES string of the molecule is CCOc1ccc(CCCN(CC)CCC2COCCN2)cc1. The molecule has 4 nitrogen and oxygen atoms in total. The summed E-state index contributed by atoms with van der Waals surface area (Å²) in [5, 5.41) is 3.53. The Morgan fingerprint density at radius 2 is 2.04 bits per heavy atom. The smallest absolute Gasteiger partial charge is 0.119 e. The van der Waals surface area contributed by atoms with Crippen molar-refractivity contribution >= 4 is 0 Å². The molecule has 0 spiro atoms. The number of ether oxygens (including phenoxy) is 2. The summed E-state index contributed by atoms with van der Waals surface area (Å²) in [4.78, 5) is 2.55. The van der Waals surface area contributed by atoms with Crippen LogP contribution in [0.15, 0.2) is 24.3 Å². The van der Waals surface area contributed by atoms with Crippen molar-refractivity contribution < 1.29 is 9.47 Å². The Balaban J connectivity index is 1.64. The minimum Gasteiger partial charge on any atom is -0.494 e. The van der Waals surface area contributed by atoms with Crippen LogP contribution in [0.25, 0.3) is 0 Å². The average molecular weight is 320 g/mol. The Hall–Kier alpha value is -1.10. The maximum absolute atomic E-state index is 5.52. The van der Waals surface area contributed by atoms with Crippen molar-refractivity contribution in [3.05, 3.63) is 29.8 Å². The molecule has 1 aromatic rings. The van der Waals surface area contributed by atoms with Crippen LogP contribution in [0.2, 0.25) is 0 Å². The number of rotatable bonds is 10. The number of nitrogens with zero attached hydrogens (tertiary/aromatic N) is 1. The topological polar surface area (TPSA) is 33.7 Å². The zero-order valence-electron chi connectivity index (χ0n) is 14.7. The Labute approximate surface area is 141 Å². The number of aryl methyl sites for hydroxylation is 1. The molecule has 0 aromatic heterocycles. The van der Waals surface area contributed by atoms with E-state index in [1.54, 1.807) is 0 Å². The van der Waals surface area contributed by atoms with Gasteiger partial charge >= 0.3 is 0 Å². The van der Waals surface area contributed by atoms with Crippen LogP contribution >= 0.6 is 0 Å². The molecule has 1 saturated heterocycles. The summed E-state index contributed by atoms with van der Waals surface area (Å²) in [6, 6.07) is 9.05. The van der Waals surface area contributed by atoms with Gasteiger partial charge in [0.2, 0.25) is 0 Å². The molecule has 4 heteroatoms. The summed E-state index contributed by atoms with van der Waals surface area (Å²) < 4.78 is 11.0. The zero-order valence-corrected chi connectivity index (χ0v) is 14.7. The molecule has 23 heavy (non-hydrogen) atoms. The molecule has 1 aliphatic rings. The fourth-order valence-electron chi connectivity index (χ4n) is 3.00. The maximum atomic E-state index is 5.52. The number of hydrogen-bond acceptors (Lipinski definition) is 4. The molecule has 0 bridgehead atoms. The van der Waals surface area contributed by atoms with Crippen LogP contribution in [0.1, 0.15) is 32.3 Å². The van der Waals surface area contributed by atoms with Crippen molar-refractivity contribution in [1.82, 2.24) is 10.2 Å². The Morgan fingerprint density at radius 1 is 1.22 bits per heavy atom. The highest BCUT2D eigenvalue weighted by Gasteiger charge is 2.14. The summed E-state index contributed by atoms with van der Waals surface area (Å²) in [5.74, 6) is 0.966. The van der Waals surface area contributed by atoms with Crippen LogP contribution in [0.4, 0.5) is 0 Å². The molecule has 0 saturated carbocycles. The van der Waals surface area contributed by atoms with E-state index >= 15 is 0 Å². The molecule has 1 atom stereocenters. The lowest BCUT2D eigenvalue weighted by Gasteiger charge is -2.27. The molecular formula is C19H32N2O2. The monoisotopic (exact) mass is 320 g/mol. The van der Waals surface area contributed by atoms with Crippen molar-refractivity contribution in [3.63, 3.8) is 0 Å². The van der Waals surface area contributed by atoms with E-state index in [1.165, 1.54) is 18.4 Å². The lowest BCUT2D eigenvalue weighted by Crippen LogP contribution is -2.43. The predicted molar refractivity (Wildman–Crippen MR) is 95.3 cm³/mol. The lowest BCUT2D eigenvalue weighted by molar-refractivity contribution is 0.0701. The van der Waals surface area contributed by atoms with E-state index in [9.17, 15) is 0 Å². The van der Waals surface area contributed by atoms with Gasteiger partial charge in [-0.1, -0.05) is 19.1 Å². The van der Waals surface area contributed by atoms with Crippen LogP contribution in [0, 0.1) is 0 Å². The summed E-state index contributed by atoms with van der Waals surface area (Å²) in [6.45, 7) is 11.2. The Morgan fingerprint density at radius 3 is 2.70 bits per heavy atom. The highest BCUT2D eigenvalue weighted by molar-refractivity contribution is 5.27. The molecule has 1 heterocycles. The van der Waals surface area contributed by atoms with Crippen molar-refractivity contribution in [3.8, 4) is 5.75 Å². The first-order valence-corrected chi connectivity index (χ1v) is 9.07. The normalized spacial score (nSPS) is 18.3. The molecular weight excluding hydrogens is 288 g/mol. The van der Waals surface area contributed by atoms with E-state index in [0.29, 0.717) is 6.04 Å². The van der Waals surface area contributed by atoms with Crippen LogP contribution < -0.4 is 10.1 Å². The first-order valence-electron chi connectivity index (χ1n) is 9.07. The Kier molecular flexibility index (Phi) is 8.43. The summed E-state index contributed by atoms with van der Waals surface area (Å²) in [5.41, 5.74) is 1.40. The first kappa shape index (κ1) is 18.2. The van der Waals surface area contributed by atoms with E-state index in [2.05, 4.69) is 41.4 Å². The predicted octanol–water partition coefficient (Wildman–Crippen LogP) is 2.72. The molecule has 1 aliphatic heterocycles. The van der Waals surface area contributed by atoms with Gasteiger partial charge in [-0.2, -0.15) is 0 Å². The van der Waals surface area contributed by atoms with Gasteiger partial charge in [-0.15, -0.1) is 0 Å². The van der Waals surface area contributed by atoms with Crippen molar-refractivity contribution in [1.29, 1.82) is 0 Å². The summed E-state index contributed by atoms with van der Waals surface area (Å²) >= 11 is 0. The third kappa shape index (κ3) is 6.90. The molecule has 1 fully saturated rings. The van der Waals surface area contributed by atoms with Crippen molar-refractivity contribution in [2.45, 2.75) is 39.2 Å². The second-order valence-corrected chi connectivity index (χ2v) is 6.13. The van der Waals surface area contributed by atoms with Gasteiger partial charge in [-0.25, -0.2) is 0 Å². The molecule has 130 valence electrons. The standard InChI is InChI=1S/C19H32N2O2/c1-3-21(14-11-18-16-22-15-12-20-18)13-5-6-17-7-9-19(10-8-17)23-4-2/h7-10,18,20H,3-6,11-16H2,1-2H3. The first-order chi connectivity index (χ1) is 11.3. The number of benzene rings is 1. The lowest BCUT2D eigenvalue weighted by atomic mass is 10.1. The highest BCUT2D eigenvalue weighted by Crippen LogP contribution is 2.13. The zero-order chi connectivity index (χ0) is 16.3. The van der Waals surface area contributed by atoms with Crippen molar-refractivity contribution in [2.75, 3.05) is 46.0 Å². The van der Waals surface area contributed by atoms with E-state index < -0.39 is 0 Å². The molecule has 1 aromatic carbocycles. The Bertz CT molecular complexity index is 416. The summed E-state index contributed by atoms with van der Waals surface area (Å²) in [7, 11) is 0. The fraction of sp³-hybridized carbons (Fsp3) is 0.684. The van der Waals surface area contributed by atoms with Gasteiger partial charge in [0.15, 0.2) is 0 Å². The van der Waals surface area contributed by atoms with Crippen LogP contribution in [-0.4, -0.2) is 56.9 Å². The number of nitrogens with one attached hydrogen (secondary N) is 1. The van der Waals surface area contributed by atoms with Gasteiger partial charge in [0.05, 0.1) is 19.8 Å². The molecule has 0 aliphatic carbocycles. The van der Waals surface area contributed by atoms with Crippen LogP contribution in [0.3, 0.4) is 0 Å². The van der Waals surface area contributed by atoms with Gasteiger partial charge in [-0.3, -0.25) is 0 Å². The van der Waals surface area contributed by atoms with Gasteiger partial charge in [0.25, 0.3) is 0 Å². The highest BCUT2D eigenvalue weighted by atomic mass is 16.5. The van der Waals surface area contributed by atoms with Gasteiger partial charge in [0.1, 0.15) is 5.75 Å². The summed E-state index contributed by atoms with van der Waals surface area (Å²) in [6.07, 6.45) is 3.51. The number of morpholine rings is 1. The third-order valence-corrected chi connectivity index (χ3v) is 4.41. The molecule has 2 rings (SSSR count). The fourth-order valence-corrected chi connectivity index (χ4v) is 3.00. The van der Waals surface area contributed by atoms with Gasteiger partial charge in [-0.05, 0) is 63.5 Å². The minimum absolute atomic E-state index is 0.531. The van der Waals surface area contributed by atoms with E-state index in [-0.39, 0.29) is 0 Å². The minimum atomic E-state index is 0.531. The average Bonchev–Trinajstić information content (AvgIpc) is 2.60. The molecule has 0 radical (unpaired) electrons. The van der Waals surface area contributed by atoms with E-state index in [4.69, 9.17) is 9.47 Å². The maximum Gasteiger partial charge on any atom is 0.119 e. The molecule has 1 N–H and O–H groups in total. The second-order valence-electron chi connectivity index (χ2n) is 6.13. The van der Waals surface area contributed by atoms with Crippen molar-refractivity contribution in [2.24, 2.45) is 0 Å². The van der Waals surface area contributed by atoms with Gasteiger partial charge in [0, 0.05) is 12.6 Å². The number of hydrogen-bond donors (Lipinski definition) is 1. The van der Waals surface area contributed by atoms with E-state index in [1.807, 2.05) is 6.92 Å². The quantitative estimate of drug-likeness (QED) is 0.719. The van der Waals surface area contributed by atoms with Crippen LogP contribution in [-0.2, 0) is 11.2 Å². The van der Waals surface area contributed by atoms with E-state index in [0.717, 1.165) is 58.2 Å². The molecule has 1 unspecified atom stereocenters. The largest absolute Gasteiger partial charge is 0.494 e. The molecule has 0 amide bonds. The third-order valence-electron chi connectivity index (χ3n) is 4.41. The van der Waals surface area contributed by atoms with Crippen LogP contribution in [0.5, 0.6) is 5.75 Å².